The molecule has 0 radical (unpaired) electrons. The van der Waals surface area contributed by atoms with Crippen LogP contribution in [-0.2, 0) is 16.0 Å². The van der Waals surface area contributed by atoms with Crippen LogP contribution in [0.3, 0.4) is 0 Å². The summed E-state index contributed by atoms with van der Waals surface area (Å²) in [4.78, 5) is 16.4. The van der Waals surface area contributed by atoms with Gasteiger partial charge in [-0.05, 0) is 63.5 Å². The second-order valence-electron chi connectivity index (χ2n) is 8.88. The smallest absolute Gasteiger partial charge is 0.307 e. The number of fused-ring (bicyclic) bond motifs is 3. The number of ether oxygens (including phenoxy) is 1. The average molecular weight is 436 g/mol. The van der Waals surface area contributed by atoms with Crippen molar-refractivity contribution in [3.63, 3.8) is 0 Å². The minimum absolute atomic E-state index is 0.0322. The number of carboxylic acid groups (broad SMARTS) is 1. The van der Waals surface area contributed by atoms with Crippen molar-refractivity contribution in [2.75, 3.05) is 6.61 Å². The standard InChI is InChI=1S/C27H33NO4/c1-3-23(27(29)30)24-14-10-19-9-11-20(24)12-13-22(17-19)31-16-15-25-18(2)32-26(28-25)21-7-5-4-6-8-21/h4-8,12,17,22-24H,3,9-11,13-16H2,1-2H3,(H,29,30). The Labute approximate surface area is 190 Å². The van der Waals surface area contributed by atoms with E-state index in [1.807, 2.05) is 44.2 Å². The Morgan fingerprint density at radius 2 is 2.06 bits per heavy atom. The molecule has 32 heavy (non-hydrogen) atoms. The number of hydrogen-bond donors (Lipinski definition) is 1. The molecule has 3 unspecified atom stereocenters. The van der Waals surface area contributed by atoms with Crippen LogP contribution in [0.15, 0.2) is 58.0 Å². The maximum absolute atomic E-state index is 11.8. The molecule has 2 aliphatic carbocycles. The van der Waals surface area contributed by atoms with Gasteiger partial charge in [0.25, 0.3) is 0 Å². The third-order valence-electron chi connectivity index (χ3n) is 6.85. The number of nitrogens with zero attached hydrogens (tertiary/aromatic N) is 1. The average Bonchev–Trinajstić information content (AvgIpc) is 3.07. The zero-order chi connectivity index (χ0) is 22.5. The predicted molar refractivity (Wildman–Crippen MR) is 124 cm³/mol. The van der Waals surface area contributed by atoms with Gasteiger partial charge >= 0.3 is 5.97 Å². The molecular formula is C27H33NO4. The van der Waals surface area contributed by atoms with E-state index in [-0.39, 0.29) is 17.9 Å². The number of aliphatic carboxylic acids is 1. The maximum Gasteiger partial charge on any atom is 0.307 e. The number of allylic oxidation sites excluding steroid dienone is 2. The number of aromatic nitrogens is 1. The van der Waals surface area contributed by atoms with Crippen molar-refractivity contribution in [3.05, 3.63) is 65.1 Å². The molecule has 1 saturated carbocycles. The Bertz CT molecular complexity index is 988. The normalized spacial score (nSPS) is 21.8. The largest absolute Gasteiger partial charge is 0.481 e. The summed E-state index contributed by atoms with van der Waals surface area (Å²) in [5, 5.41) is 9.68. The van der Waals surface area contributed by atoms with Crippen molar-refractivity contribution in [2.45, 2.75) is 64.9 Å². The molecule has 3 atom stereocenters. The van der Waals surface area contributed by atoms with E-state index in [0.29, 0.717) is 25.3 Å². The fourth-order valence-electron chi connectivity index (χ4n) is 5.04. The van der Waals surface area contributed by atoms with Gasteiger partial charge in [0, 0.05) is 12.0 Å². The molecule has 0 saturated heterocycles. The lowest BCUT2D eigenvalue weighted by Crippen LogP contribution is -2.24. The molecule has 1 aromatic carbocycles. The van der Waals surface area contributed by atoms with Gasteiger partial charge in [-0.15, -0.1) is 0 Å². The SMILES string of the molecule is CCC(C(=O)O)C1CCC2=CC(OCCc3nc(-c4ccccc4)oc3C)CC=C1CC2. The summed E-state index contributed by atoms with van der Waals surface area (Å²) in [6, 6.07) is 9.94. The second kappa shape index (κ2) is 10.3. The van der Waals surface area contributed by atoms with Gasteiger partial charge in [-0.3, -0.25) is 4.79 Å². The van der Waals surface area contributed by atoms with Gasteiger partial charge in [-0.25, -0.2) is 4.98 Å². The molecule has 2 aromatic rings. The Balaban J connectivity index is 1.39. The number of benzene rings is 1. The van der Waals surface area contributed by atoms with E-state index in [0.717, 1.165) is 49.1 Å². The molecule has 5 heteroatoms. The van der Waals surface area contributed by atoms with Crippen molar-refractivity contribution in [2.24, 2.45) is 11.8 Å². The first-order valence-electron chi connectivity index (χ1n) is 11.8. The second-order valence-corrected chi connectivity index (χ2v) is 8.88. The van der Waals surface area contributed by atoms with Crippen LogP contribution in [0.5, 0.6) is 0 Å². The number of carboxylic acids is 1. The third-order valence-corrected chi connectivity index (χ3v) is 6.85. The highest BCUT2D eigenvalue weighted by Gasteiger charge is 2.32. The molecule has 170 valence electrons. The van der Waals surface area contributed by atoms with E-state index in [2.05, 4.69) is 17.1 Å². The van der Waals surface area contributed by atoms with Crippen molar-refractivity contribution in [3.8, 4) is 11.5 Å². The van der Waals surface area contributed by atoms with Gasteiger partial charge in [-0.2, -0.15) is 0 Å². The Kier molecular flexibility index (Phi) is 7.26. The van der Waals surface area contributed by atoms with Crippen LogP contribution in [0.25, 0.3) is 11.5 Å². The van der Waals surface area contributed by atoms with Crippen LogP contribution in [0.4, 0.5) is 0 Å². The molecule has 1 aromatic heterocycles. The van der Waals surface area contributed by atoms with Crippen LogP contribution in [0.2, 0.25) is 0 Å². The summed E-state index contributed by atoms with van der Waals surface area (Å²) in [5.41, 5.74) is 4.64. The highest BCUT2D eigenvalue weighted by Crippen LogP contribution is 2.39. The summed E-state index contributed by atoms with van der Waals surface area (Å²) < 4.78 is 12.1. The fourth-order valence-corrected chi connectivity index (χ4v) is 5.04. The molecular weight excluding hydrogens is 402 g/mol. The van der Waals surface area contributed by atoms with Crippen LogP contribution >= 0.6 is 0 Å². The van der Waals surface area contributed by atoms with Crippen LogP contribution in [0, 0.1) is 18.8 Å². The number of hydrogen-bond acceptors (Lipinski definition) is 4. The van der Waals surface area contributed by atoms with Crippen molar-refractivity contribution in [1.29, 1.82) is 0 Å². The van der Waals surface area contributed by atoms with Gasteiger partial charge in [-0.1, -0.05) is 48.4 Å². The zero-order valence-corrected chi connectivity index (χ0v) is 19.0. The monoisotopic (exact) mass is 435 g/mol. The van der Waals surface area contributed by atoms with Crippen molar-refractivity contribution in [1.82, 2.24) is 4.98 Å². The first-order chi connectivity index (χ1) is 15.5. The molecule has 1 N–H and O–H groups in total. The zero-order valence-electron chi connectivity index (χ0n) is 19.0. The lowest BCUT2D eigenvalue weighted by molar-refractivity contribution is -0.143. The molecule has 2 aliphatic rings. The van der Waals surface area contributed by atoms with Gasteiger partial charge in [0.05, 0.1) is 24.3 Å². The van der Waals surface area contributed by atoms with Crippen molar-refractivity contribution >= 4 is 5.97 Å². The molecule has 0 spiro atoms. The van der Waals surface area contributed by atoms with E-state index in [1.54, 1.807) is 0 Å². The van der Waals surface area contributed by atoms with Crippen LogP contribution in [0.1, 0.15) is 56.9 Å². The Hall–Kier alpha value is -2.66. The number of carbonyl (C=O) groups is 1. The summed E-state index contributed by atoms with van der Waals surface area (Å²) in [5.74, 6) is 0.687. The minimum Gasteiger partial charge on any atom is -0.481 e. The maximum atomic E-state index is 11.8. The predicted octanol–water partition coefficient (Wildman–Crippen LogP) is 6.14. The Morgan fingerprint density at radius 1 is 1.25 bits per heavy atom. The summed E-state index contributed by atoms with van der Waals surface area (Å²) in [7, 11) is 0. The van der Waals surface area contributed by atoms with E-state index >= 15 is 0 Å². The summed E-state index contributed by atoms with van der Waals surface area (Å²) in [6.07, 6.45) is 10.6. The minimum atomic E-state index is -0.666. The van der Waals surface area contributed by atoms with E-state index in [9.17, 15) is 9.90 Å². The molecule has 2 bridgehead atoms. The van der Waals surface area contributed by atoms with Gasteiger partial charge in [0.2, 0.25) is 5.89 Å². The number of oxazole rings is 1. The van der Waals surface area contributed by atoms with E-state index < -0.39 is 5.97 Å². The van der Waals surface area contributed by atoms with Gasteiger partial charge in [0.1, 0.15) is 5.76 Å². The first-order valence-corrected chi connectivity index (χ1v) is 11.8. The summed E-state index contributed by atoms with van der Waals surface area (Å²) in [6.45, 7) is 4.51. The highest BCUT2D eigenvalue weighted by atomic mass is 16.5. The quantitative estimate of drug-likeness (QED) is 0.505. The molecule has 0 amide bonds. The number of aryl methyl sites for hydroxylation is 1. The van der Waals surface area contributed by atoms with Crippen LogP contribution in [-0.4, -0.2) is 28.8 Å². The highest BCUT2D eigenvalue weighted by molar-refractivity contribution is 5.71. The molecule has 1 fully saturated rings. The van der Waals surface area contributed by atoms with Gasteiger partial charge < -0.3 is 14.3 Å². The lowest BCUT2D eigenvalue weighted by atomic mass is 9.80. The summed E-state index contributed by atoms with van der Waals surface area (Å²) >= 11 is 0. The Morgan fingerprint density at radius 3 is 2.81 bits per heavy atom. The molecule has 4 rings (SSSR count). The number of rotatable bonds is 8. The van der Waals surface area contributed by atoms with E-state index in [4.69, 9.17) is 9.15 Å². The molecule has 1 heterocycles. The topological polar surface area (TPSA) is 72.6 Å². The fraction of sp³-hybridized carbons (Fsp3) is 0.481. The third kappa shape index (κ3) is 5.21. The van der Waals surface area contributed by atoms with Crippen molar-refractivity contribution < 1.29 is 19.1 Å². The molecule has 0 aliphatic heterocycles. The first kappa shape index (κ1) is 22.5. The van der Waals surface area contributed by atoms with E-state index in [1.165, 1.54) is 11.1 Å². The molecule has 5 nitrogen and oxygen atoms in total. The van der Waals surface area contributed by atoms with Gasteiger partial charge in [0.15, 0.2) is 0 Å². The van der Waals surface area contributed by atoms with Crippen LogP contribution < -0.4 is 0 Å². The lowest BCUT2D eigenvalue weighted by Gasteiger charge is -2.24.